The van der Waals surface area contributed by atoms with Gasteiger partial charge in [-0.05, 0) is 48.9 Å². The second kappa shape index (κ2) is 15.7. The van der Waals surface area contributed by atoms with Gasteiger partial charge < -0.3 is 33.7 Å². The molecule has 9 nitrogen and oxygen atoms in total. The third-order valence-corrected chi connectivity index (χ3v) is 5.48. The summed E-state index contributed by atoms with van der Waals surface area (Å²) in [7, 11) is 1.52. The lowest BCUT2D eigenvalue weighted by molar-refractivity contribution is -0.149. The van der Waals surface area contributed by atoms with Gasteiger partial charge in [-0.1, -0.05) is 19.1 Å². The molecule has 0 saturated heterocycles. The van der Waals surface area contributed by atoms with Crippen LogP contribution in [0.25, 0.3) is 0 Å². The zero-order valence-electron chi connectivity index (χ0n) is 21.9. The molecule has 0 aliphatic rings. The Bertz CT molecular complexity index is 986. The fourth-order valence-corrected chi connectivity index (χ4v) is 3.23. The Labute approximate surface area is 221 Å². The Kier molecular flexibility index (Phi) is 12.7. The van der Waals surface area contributed by atoms with Crippen molar-refractivity contribution in [3.63, 3.8) is 0 Å². The Balaban J connectivity index is 1.94. The van der Waals surface area contributed by atoms with E-state index in [1.165, 1.54) is 18.9 Å². The lowest BCUT2D eigenvalue weighted by Gasteiger charge is -2.23. The van der Waals surface area contributed by atoms with E-state index in [9.17, 15) is 23.5 Å². The van der Waals surface area contributed by atoms with Gasteiger partial charge in [0, 0.05) is 26.0 Å². The van der Waals surface area contributed by atoms with Crippen LogP contribution in [-0.2, 0) is 20.7 Å². The van der Waals surface area contributed by atoms with Gasteiger partial charge in [0.15, 0.2) is 6.10 Å². The Morgan fingerprint density at radius 2 is 1.55 bits per heavy atom. The lowest BCUT2D eigenvalue weighted by atomic mass is 10.1. The predicted octanol–water partition coefficient (Wildman–Crippen LogP) is 4.67. The van der Waals surface area contributed by atoms with Crippen LogP contribution < -0.4 is 14.2 Å². The number of rotatable bonds is 17. The first-order valence-corrected chi connectivity index (χ1v) is 12.3. The number of amides is 1. The van der Waals surface area contributed by atoms with E-state index >= 15 is 0 Å². The predicted molar refractivity (Wildman–Crippen MR) is 135 cm³/mol. The van der Waals surface area contributed by atoms with Crippen LogP contribution >= 0.6 is 0 Å². The highest BCUT2D eigenvalue weighted by atomic mass is 19.3. The van der Waals surface area contributed by atoms with Crippen LogP contribution in [0.1, 0.15) is 25.8 Å². The maximum atomic E-state index is 13.5. The molecule has 11 heteroatoms. The van der Waals surface area contributed by atoms with Crippen LogP contribution in [-0.4, -0.2) is 80.7 Å². The van der Waals surface area contributed by atoms with E-state index in [0.29, 0.717) is 23.9 Å². The largest absolute Gasteiger partial charge is 0.497 e. The minimum atomic E-state index is -2.93. The van der Waals surface area contributed by atoms with Crippen LogP contribution in [0, 0.1) is 0 Å². The summed E-state index contributed by atoms with van der Waals surface area (Å²) in [5.41, 5.74) is 0.768. The fourth-order valence-electron chi connectivity index (χ4n) is 3.23. The summed E-state index contributed by atoms with van der Waals surface area (Å²) >= 11 is 0. The van der Waals surface area contributed by atoms with Gasteiger partial charge in [-0.25, -0.2) is 18.4 Å². The van der Waals surface area contributed by atoms with E-state index in [1.54, 1.807) is 55.5 Å². The molecule has 1 amide bonds. The number of benzene rings is 2. The van der Waals surface area contributed by atoms with Crippen molar-refractivity contribution in [1.82, 2.24) is 4.90 Å². The van der Waals surface area contributed by atoms with Gasteiger partial charge in [0.2, 0.25) is 0 Å². The highest BCUT2D eigenvalue weighted by Crippen LogP contribution is 2.19. The molecule has 1 unspecified atom stereocenters. The second-order valence-electron chi connectivity index (χ2n) is 8.27. The van der Waals surface area contributed by atoms with Gasteiger partial charge in [-0.3, -0.25) is 0 Å². The van der Waals surface area contributed by atoms with Crippen molar-refractivity contribution in [2.75, 3.05) is 46.6 Å². The number of carbonyl (C=O) groups is 2. The third-order valence-electron chi connectivity index (χ3n) is 5.48. The average molecular weight is 540 g/mol. The normalized spacial score (nSPS) is 12.0. The topological polar surface area (TPSA) is 104 Å². The highest BCUT2D eigenvalue weighted by molar-refractivity contribution is 5.72. The minimum Gasteiger partial charge on any atom is -0.497 e. The van der Waals surface area contributed by atoms with E-state index in [-0.39, 0.29) is 39.1 Å². The van der Waals surface area contributed by atoms with Gasteiger partial charge >= 0.3 is 12.1 Å². The number of halogens is 2. The maximum Gasteiger partial charge on any atom is 0.415 e. The highest BCUT2D eigenvalue weighted by Gasteiger charge is 2.26. The molecule has 0 saturated carbocycles. The molecule has 0 radical (unpaired) electrons. The van der Waals surface area contributed by atoms with Gasteiger partial charge in [-0.15, -0.1) is 0 Å². The number of hydrogen-bond acceptors (Lipinski definition) is 7. The summed E-state index contributed by atoms with van der Waals surface area (Å²) in [4.78, 5) is 25.4. The molecular formula is C27H35F2NO8. The summed E-state index contributed by atoms with van der Waals surface area (Å²) in [6.07, 6.45) is -1.75. The smallest absolute Gasteiger partial charge is 0.415 e. The molecule has 2 aromatic carbocycles. The number of carbonyl (C=O) groups excluding carboxylic acids is 1. The number of methoxy groups -OCH3 is 1. The van der Waals surface area contributed by atoms with Gasteiger partial charge in [-0.2, -0.15) is 0 Å². The molecular weight excluding hydrogens is 504 g/mol. The van der Waals surface area contributed by atoms with E-state index in [4.69, 9.17) is 23.7 Å². The Morgan fingerprint density at radius 1 is 0.947 bits per heavy atom. The molecule has 38 heavy (non-hydrogen) atoms. The molecule has 2 rings (SSSR count). The first-order valence-electron chi connectivity index (χ1n) is 12.3. The number of nitrogens with zero attached hydrogens (tertiary/aromatic N) is 1. The van der Waals surface area contributed by atoms with Crippen molar-refractivity contribution in [2.24, 2.45) is 0 Å². The van der Waals surface area contributed by atoms with E-state index in [0.717, 1.165) is 5.56 Å². The molecule has 0 aliphatic carbocycles. The van der Waals surface area contributed by atoms with Crippen molar-refractivity contribution in [3.8, 4) is 17.2 Å². The molecule has 0 aromatic heterocycles. The monoisotopic (exact) mass is 539 g/mol. The van der Waals surface area contributed by atoms with Crippen molar-refractivity contribution in [1.29, 1.82) is 0 Å². The van der Waals surface area contributed by atoms with Crippen molar-refractivity contribution in [3.05, 3.63) is 54.1 Å². The lowest BCUT2D eigenvalue weighted by Crippen LogP contribution is -2.39. The first kappa shape index (κ1) is 30.8. The van der Waals surface area contributed by atoms with Crippen molar-refractivity contribution in [2.45, 2.75) is 38.7 Å². The van der Waals surface area contributed by atoms with Crippen LogP contribution in [0.15, 0.2) is 48.5 Å². The zero-order chi connectivity index (χ0) is 28.0. The van der Waals surface area contributed by atoms with E-state index in [2.05, 4.69) is 0 Å². The molecule has 0 aliphatic heterocycles. The molecule has 1 atom stereocenters. The first-order chi connectivity index (χ1) is 18.2. The number of aliphatic carboxylic acids is 1. The summed E-state index contributed by atoms with van der Waals surface area (Å²) in [5, 5.41) is 9.24. The van der Waals surface area contributed by atoms with Crippen LogP contribution in [0.4, 0.5) is 13.6 Å². The summed E-state index contributed by atoms with van der Waals surface area (Å²) in [6.45, 7) is 2.78. The van der Waals surface area contributed by atoms with E-state index in [1.807, 2.05) is 0 Å². The van der Waals surface area contributed by atoms with Crippen LogP contribution in [0.2, 0.25) is 0 Å². The number of ether oxygens (including phenoxy) is 5. The average Bonchev–Trinajstić information content (AvgIpc) is 2.91. The van der Waals surface area contributed by atoms with Gasteiger partial charge in [0.05, 0.1) is 20.3 Å². The molecule has 210 valence electrons. The Hall–Kier alpha value is -3.44. The molecule has 1 N–H and O–H groups in total. The van der Waals surface area contributed by atoms with Crippen molar-refractivity contribution < 1.29 is 47.2 Å². The molecule has 0 heterocycles. The molecule has 0 spiro atoms. The third kappa shape index (κ3) is 10.9. The maximum absolute atomic E-state index is 13.5. The number of carboxylic acid groups (broad SMARTS) is 1. The van der Waals surface area contributed by atoms with Crippen LogP contribution in [0.3, 0.4) is 0 Å². The van der Waals surface area contributed by atoms with Gasteiger partial charge in [0.25, 0.3) is 5.92 Å². The minimum absolute atomic E-state index is 0.0189. The molecule has 0 fully saturated rings. The quantitative estimate of drug-likeness (QED) is 0.289. The van der Waals surface area contributed by atoms with E-state index < -0.39 is 30.7 Å². The fraction of sp³-hybridized carbons (Fsp3) is 0.481. The van der Waals surface area contributed by atoms with Crippen LogP contribution in [0.5, 0.6) is 17.2 Å². The second-order valence-corrected chi connectivity index (χ2v) is 8.27. The SMILES string of the molecule is CCOC(Cc1ccc(OCCN(CCOCC(F)(F)CC)C(=O)Oc2ccc(OC)cc2)cc1)C(=O)O. The summed E-state index contributed by atoms with van der Waals surface area (Å²) < 4.78 is 53.4. The molecule has 0 bridgehead atoms. The Morgan fingerprint density at radius 3 is 2.13 bits per heavy atom. The van der Waals surface area contributed by atoms with Crippen molar-refractivity contribution >= 4 is 12.1 Å². The summed E-state index contributed by atoms with van der Waals surface area (Å²) in [6, 6.07) is 13.3. The summed E-state index contributed by atoms with van der Waals surface area (Å²) in [5.74, 6) is -2.56. The number of alkyl halides is 2. The zero-order valence-corrected chi connectivity index (χ0v) is 21.9. The molecule has 2 aromatic rings. The number of hydrogen-bond donors (Lipinski definition) is 1. The van der Waals surface area contributed by atoms with Gasteiger partial charge in [0.1, 0.15) is 30.5 Å². The number of carboxylic acids is 1. The standard InChI is InChI=1S/C27H35F2NO8/c1-4-27(28,29)19-35-16-14-30(26(33)38-23-12-10-21(34-3)11-13-23)15-17-37-22-8-6-20(7-9-22)18-24(25(31)32)36-5-2/h6-13,24H,4-5,14-19H2,1-3H3,(H,31,32).